The van der Waals surface area contributed by atoms with Crippen molar-refractivity contribution in [3.63, 3.8) is 0 Å². The number of hydrogen-bond acceptors (Lipinski definition) is 9. The smallest absolute Gasteiger partial charge is 1.00 e. The summed E-state index contributed by atoms with van der Waals surface area (Å²) in [5.41, 5.74) is 31.2. The van der Waals surface area contributed by atoms with Crippen LogP contribution in [0, 0.1) is 125 Å². The molecule has 0 saturated heterocycles. The molecule has 18 nitrogen and oxygen atoms in total. The molecule has 0 atom stereocenters. The van der Waals surface area contributed by atoms with Crippen LogP contribution < -0.4 is 121 Å². The predicted octanol–water partition coefficient (Wildman–Crippen LogP) is -9.13. The van der Waals surface area contributed by atoms with E-state index in [0.717, 1.165) is 102 Å². The van der Waals surface area contributed by atoms with E-state index in [1.807, 2.05) is 0 Å². The summed E-state index contributed by atoms with van der Waals surface area (Å²) in [6, 6.07) is 0. The van der Waals surface area contributed by atoms with Gasteiger partial charge in [0.25, 0.3) is 0 Å². The first-order valence-corrected chi connectivity index (χ1v) is 23.0. The van der Waals surface area contributed by atoms with Gasteiger partial charge in [-0.3, -0.25) is 45.9 Å². The van der Waals surface area contributed by atoms with Crippen LogP contribution in [0.1, 0.15) is 102 Å². The van der Waals surface area contributed by atoms with Crippen molar-refractivity contribution in [1.82, 2.24) is 91.8 Å². The molecule has 0 aliphatic heterocycles. The Morgan fingerprint density at radius 3 is 0.343 bits per heavy atom. The van der Waals surface area contributed by atoms with Gasteiger partial charge in [0.15, 0.2) is 0 Å². The molecule has 0 bridgehead atoms. The maximum absolute atomic E-state index is 4.41. The summed E-state index contributed by atoms with van der Waals surface area (Å²) in [4.78, 5) is 0. The summed E-state index contributed by atoms with van der Waals surface area (Å²) in [6.45, 7) is 34.4. The van der Waals surface area contributed by atoms with Gasteiger partial charge < -0.3 is 71.9 Å². The second-order valence-electron chi connectivity index (χ2n) is 18.8. The Morgan fingerprint density at radius 2 is 0.286 bits per heavy atom. The topological polar surface area (TPSA) is 258 Å². The molecule has 0 spiro atoms. The fraction of sp³-hybridized carbons (Fsp3) is 0.400. The fourth-order valence-corrected chi connectivity index (χ4v) is 11.4. The Balaban J connectivity index is 0.000000270. The summed E-state index contributed by atoms with van der Waals surface area (Å²) < 4.78 is 0. The molecule has 0 aliphatic carbocycles. The molecule has 25 heteroatoms. The molecule has 1 radical (unpaired) electrons. The molecule has 0 amide bonds. The third kappa shape index (κ3) is 11.4. The van der Waals surface area contributed by atoms with Gasteiger partial charge in [-0.1, -0.05) is 0 Å². The summed E-state index contributed by atoms with van der Waals surface area (Å²) in [5.74, 6) is 0. The molecule has 9 rings (SSSR count). The third-order valence-corrected chi connectivity index (χ3v) is 14.7. The quantitative estimate of drug-likeness (QED) is 0.0491. The number of aryl methyl sites for hydroxylation is 18. The van der Waals surface area contributed by atoms with Gasteiger partial charge in [-0.05, 0) is 176 Å². The molecule has 0 aliphatic rings. The minimum absolute atomic E-state index is 0. The molecular weight excluding hydrogens is 1250 g/mol. The minimum atomic E-state index is -0.976. The van der Waals surface area contributed by atoms with Crippen LogP contribution in [0.2, 0.25) is 0 Å². The molecule has 9 N–H and O–H groups in total. The maximum atomic E-state index is 4.41. The van der Waals surface area contributed by atoms with E-state index in [0.29, 0.717) is 0 Å². The maximum Gasteiger partial charge on any atom is 3.00 e. The third-order valence-electron chi connectivity index (χ3n) is 14.7. The first-order chi connectivity index (χ1) is 31.2. The van der Waals surface area contributed by atoms with E-state index in [-0.39, 0.29) is 93.6 Å². The van der Waals surface area contributed by atoms with Crippen molar-refractivity contribution < 1.29 is 93.6 Å². The number of nitrogens with one attached hydrogen (secondary N) is 9. The number of hydrogen-bond donors (Lipinski definition) is 9. The van der Waals surface area contributed by atoms with Crippen molar-refractivity contribution in [3.05, 3.63) is 102 Å². The Bertz CT molecular complexity index is 2330. The van der Waals surface area contributed by atoms with Crippen LogP contribution in [-0.2, 0) is 21.7 Å². The van der Waals surface area contributed by atoms with Crippen LogP contribution in [0.4, 0.5) is 0 Å². The average molecular weight is 1320 g/mol. The van der Waals surface area contributed by atoms with Crippen molar-refractivity contribution in [3.8, 4) is 0 Å². The second-order valence-corrected chi connectivity index (χ2v) is 18.8. The molecule has 0 fully saturated rings. The number of aromatic nitrogens is 18. The van der Waals surface area contributed by atoms with E-state index in [2.05, 4.69) is 216 Å². The predicted molar refractivity (Wildman–Crippen MR) is 271 cm³/mol. The van der Waals surface area contributed by atoms with Crippen molar-refractivity contribution >= 4 is 69.3 Å². The normalized spacial score (nSPS) is 10.9. The molecule has 373 valence electrons. The first kappa shape index (κ1) is 60.3. The van der Waals surface area contributed by atoms with E-state index < -0.39 is 20.1 Å². The molecule has 9 heterocycles. The molecular formula is C45H66B3I3N18Ti-3. The Kier molecular flexibility index (Phi) is 21.2. The summed E-state index contributed by atoms with van der Waals surface area (Å²) in [5, 5.41) is 67.8. The molecule has 0 aromatic carbocycles. The first-order valence-electron chi connectivity index (χ1n) is 23.0. The summed E-state index contributed by atoms with van der Waals surface area (Å²) in [6.07, 6.45) is 0. The zero-order valence-corrected chi connectivity index (χ0v) is 51.8. The molecule has 9 aromatic rings. The van der Waals surface area contributed by atoms with Crippen LogP contribution in [0.15, 0.2) is 0 Å². The van der Waals surface area contributed by atoms with Gasteiger partial charge in [-0.25, -0.2) is 0 Å². The van der Waals surface area contributed by atoms with Gasteiger partial charge in [-0.2, -0.15) is 95.1 Å². The number of nitrogens with zero attached hydrogens (tertiary/aromatic N) is 9. The standard InChI is InChI=1S/3C15H22BN6.3HI.Ti/c3*1-7-13(8(2)18-17-7)16(14-9(3)19-20-10(14)4)15-11(5)21-22-12(15)6;;;;/h3*16H,1-6H3,(H,17,18)(H,19,20)(H,21,22);3*1H;/q3*-1;;;;+3/p-3. The van der Waals surface area contributed by atoms with E-state index >= 15 is 0 Å². The van der Waals surface area contributed by atoms with Crippen LogP contribution >= 0.6 is 0 Å². The minimum Gasteiger partial charge on any atom is -1.00 e. The van der Waals surface area contributed by atoms with Crippen molar-refractivity contribution in [2.24, 2.45) is 0 Å². The van der Waals surface area contributed by atoms with Crippen LogP contribution in [0.25, 0.3) is 0 Å². The Morgan fingerprint density at radius 1 is 0.200 bits per heavy atom. The fourth-order valence-electron chi connectivity index (χ4n) is 11.4. The second kappa shape index (κ2) is 24.6. The van der Waals surface area contributed by atoms with Gasteiger partial charge in [0.1, 0.15) is 0 Å². The van der Waals surface area contributed by atoms with E-state index in [4.69, 9.17) is 0 Å². The number of aromatic amines is 9. The zero-order chi connectivity index (χ0) is 48.0. The summed E-state index contributed by atoms with van der Waals surface area (Å²) >= 11 is 0. The monoisotopic (exact) mass is 1320 g/mol. The molecule has 0 saturated carbocycles. The summed E-state index contributed by atoms with van der Waals surface area (Å²) in [7, 11) is 0. The van der Waals surface area contributed by atoms with E-state index in [1.165, 1.54) is 49.2 Å². The average Bonchev–Trinajstić information content (AvgIpc) is 4.18. The van der Waals surface area contributed by atoms with Crippen molar-refractivity contribution in [1.29, 1.82) is 0 Å². The number of H-pyrrole nitrogens is 9. The molecule has 9 aromatic heterocycles. The largest absolute Gasteiger partial charge is 3.00 e. The van der Waals surface area contributed by atoms with Gasteiger partial charge in [0, 0.05) is 51.2 Å². The van der Waals surface area contributed by atoms with Gasteiger partial charge >= 0.3 is 21.7 Å². The Hall–Kier alpha value is -4.01. The van der Waals surface area contributed by atoms with Gasteiger partial charge in [0.2, 0.25) is 0 Å². The van der Waals surface area contributed by atoms with Crippen molar-refractivity contribution in [2.45, 2.75) is 125 Å². The van der Waals surface area contributed by atoms with Gasteiger partial charge in [0.05, 0.1) is 20.1 Å². The van der Waals surface area contributed by atoms with Crippen molar-refractivity contribution in [2.75, 3.05) is 0 Å². The van der Waals surface area contributed by atoms with E-state index in [9.17, 15) is 0 Å². The van der Waals surface area contributed by atoms with Crippen LogP contribution in [0.5, 0.6) is 0 Å². The van der Waals surface area contributed by atoms with Gasteiger partial charge in [-0.15, -0.1) is 0 Å². The number of rotatable bonds is 9. The number of halogens is 3. The zero-order valence-electron chi connectivity index (χ0n) is 43.8. The molecule has 0 unspecified atom stereocenters. The van der Waals surface area contributed by atoms with Crippen LogP contribution in [0.3, 0.4) is 0 Å². The Labute approximate surface area is 477 Å². The molecule has 70 heavy (non-hydrogen) atoms. The van der Waals surface area contributed by atoms with Crippen LogP contribution in [-0.4, -0.2) is 112 Å². The van der Waals surface area contributed by atoms with E-state index in [1.54, 1.807) is 0 Å². The SMILES string of the molecule is Cc1n[nH]c(C)c1[BH-](c1c(C)n[nH]c1C)c1c(C)n[nH]c1C.Cc1n[nH]c(C)c1[BH-](c1c(C)n[nH]c1C)c1c(C)n[nH]c1C.Cc1n[nH]c(C)c1[BH-](c1c(C)n[nH]c1C)c1c(C)n[nH]c1C.[I-].[I-].[I-].[Ti+3].